The van der Waals surface area contributed by atoms with Crippen LogP contribution < -0.4 is 0 Å². The van der Waals surface area contributed by atoms with E-state index in [1.165, 1.54) is 57.8 Å². The monoisotopic (exact) mass is 442 g/mol. The van der Waals surface area contributed by atoms with E-state index in [1.54, 1.807) is 5.57 Å². The first kappa shape index (κ1) is 23.4. The van der Waals surface area contributed by atoms with Gasteiger partial charge in [0.05, 0.1) is 6.10 Å². The first-order valence-corrected chi connectivity index (χ1v) is 13.8. The van der Waals surface area contributed by atoms with Gasteiger partial charge in [-0.05, 0) is 114 Å². The number of allylic oxidation sites excluding steroid dienone is 2. The Morgan fingerprint density at radius 1 is 0.844 bits per heavy atom. The van der Waals surface area contributed by atoms with Gasteiger partial charge in [-0.3, -0.25) is 0 Å². The molecule has 0 aromatic rings. The van der Waals surface area contributed by atoms with Crippen LogP contribution in [0.1, 0.15) is 113 Å². The Labute approximate surface area is 197 Å². The first-order valence-electron chi connectivity index (χ1n) is 13.8. The van der Waals surface area contributed by atoms with Crippen LogP contribution in [0.15, 0.2) is 11.6 Å². The lowest BCUT2D eigenvalue weighted by Crippen LogP contribution is -2.64. The molecule has 3 unspecified atom stereocenters. The van der Waals surface area contributed by atoms with Crippen molar-refractivity contribution in [1.29, 1.82) is 0 Å². The molecule has 0 amide bonds. The van der Waals surface area contributed by atoms with E-state index in [2.05, 4.69) is 54.5 Å². The average molecular weight is 443 g/mol. The average Bonchev–Trinajstić information content (AvgIpc) is 2.73. The van der Waals surface area contributed by atoms with Crippen LogP contribution in [0.25, 0.3) is 0 Å². The van der Waals surface area contributed by atoms with Crippen LogP contribution in [0.2, 0.25) is 0 Å². The highest BCUT2D eigenvalue weighted by molar-refractivity contribution is 5.33. The molecule has 182 valence electrons. The van der Waals surface area contributed by atoms with Gasteiger partial charge in [-0.2, -0.15) is 0 Å². The SMILES string of the molecule is CC1(C)C2CC[C@]3(C)C(CC=C4C5C[C@@](C)(CO)CC[C@]5(C)CC[C@]43C)[C@@]2(C)CC[C@@H]1O. The predicted octanol–water partition coefficient (Wildman–Crippen LogP) is 7.14. The summed E-state index contributed by atoms with van der Waals surface area (Å²) in [7, 11) is 0. The number of hydrogen-bond acceptors (Lipinski definition) is 2. The first-order chi connectivity index (χ1) is 14.8. The van der Waals surface area contributed by atoms with Gasteiger partial charge in [0.1, 0.15) is 0 Å². The normalized spacial score (nSPS) is 56.8. The summed E-state index contributed by atoms with van der Waals surface area (Å²) < 4.78 is 0. The molecule has 5 aliphatic carbocycles. The Kier molecular flexibility index (Phi) is 5.02. The van der Waals surface area contributed by atoms with E-state index in [0.717, 1.165) is 6.42 Å². The highest BCUT2D eigenvalue weighted by atomic mass is 16.3. The van der Waals surface area contributed by atoms with Gasteiger partial charge in [-0.25, -0.2) is 0 Å². The molecule has 5 aliphatic rings. The summed E-state index contributed by atoms with van der Waals surface area (Å²) in [4.78, 5) is 0. The summed E-state index contributed by atoms with van der Waals surface area (Å²) in [5.41, 5.74) is 3.26. The lowest BCUT2D eigenvalue weighted by atomic mass is 9.33. The fraction of sp³-hybridized carbons (Fsp3) is 0.933. The number of aliphatic hydroxyl groups is 2. The molecule has 0 bridgehead atoms. The third-order valence-electron chi connectivity index (χ3n) is 13.3. The second-order valence-electron chi connectivity index (χ2n) is 15.0. The minimum absolute atomic E-state index is 0.0245. The van der Waals surface area contributed by atoms with Crippen LogP contribution in [0.3, 0.4) is 0 Å². The van der Waals surface area contributed by atoms with Gasteiger partial charge in [0.15, 0.2) is 0 Å². The Morgan fingerprint density at radius 2 is 1.53 bits per heavy atom. The maximum Gasteiger partial charge on any atom is 0.0594 e. The third-order valence-corrected chi connectivity index (χ3v) is 13.3. The molecule has 4 fully saturated rings. The van der Waals surface area contributed by atoms with Crippen molar-refractivity contribution < 1.29 is 10.2 Å². The molecule has 2 N–H and O–H groups in total. The van der Waals surface area contributed by atoms with Gasteiger partial charge in [-0.15, -0.1) is 0 Å². The molecule has 0 heterocycles. The Balaban J connectivity index is 1.56. The molecule has 0 aromatic heterocycles. The minimum Gasteiger partial charge on any atom is -0.396 e. The van der Waals surface area contributed by atoms with Crippen LogP contribution in [-0.4, -0.2) is 22.9 Å². The fourth-order valence-corrected chi connectivity index (χ4v) is 10.6. The number of rotatable bonds is 1. The van der Waals surface area contributed by atoms with E-state index in [9.17, 15) is 10.2 Å². The maximum atomic E-state index is 10.9. The van der Waals surface area contributed by atoms with Gasteiger partial charge >= 0.3 is 0 Å². The van der Waals surface area contributed by atoms with Crippen LogP contribution in [0.4, 0.5) is 0 Å². The molecule has 0 aromatic carbocycles. The van der Waals surface area contributed by atoms with Crippen LogP contribution >= 0.6 is 0 Å². The Bertz CT molecular complexity index is 814. The summed E-state index contributed by atoms with van der Waals surface area (Å²) in [6.45, 7) is 17.8. The quantitative estimate of drug-likeness (QED) is 0.424. The number of hydrogen-bond donors (Lipinski definition) is 2. The third kappa shape index (κ3) is 2.78. The van der Waals surface area contributed by atoms with Crippen molar-refractivity contribution in [2.75, 3.05) is 6.61 Å². The summed E-state index contributed by atoms with van der Waals surface area (Å²) >= 11 is 0. The fourth-order valence-electron chi connectivity index (χ4n) is 10.6. The largest absolute Gasteiger partial charge is 0.396 e. The van der Waals surface area contributed by atoms with Crippen molar-refractivity contribution in [2.24, 2.45) is 50.2 Å². The lowest BCUT2D eigenvalue weighted by molar-refractivity contribution is -0.203. The molecule has 0 spiro atoms. The highest BCUT2D eigenvalue weighted by Gasteiger charge is 2.67. The lowest BCUT2D eigenvalue weighted by Gasteiger charge is -2.71. The van der Waals surface area contributed by atoms with Gasteiger partial charge in [0, 0.05) is 6.61 Å². The predicted molar refractivity (Wildman–Crippen MR) is 132 cm³/mol. The van der Waals surface area contributed by atoms with E-state index in [4.69, 9.17) is 0 Å². The minimum atomic E-state index is -0.149. The Hall–Kier alpha value is -0.340. The highest BCUT2D eigenvalue weighted by Crippen LogP contribution is 2.75. The molecule has 0 aliphatic heterocycles. The second-order valence-corrected chi connectivity index (χ2v) is 15.0. The topological polar surface area (TPSA) is 40.5 Å². The van der Waals surface area contributed by atoms with Crippen LogP contribution in [-0.2, 0) is 0 Å². The van der Waals surface area contributed by atoms with Gasteiger partial charge in [-0.1, -0.05) is 60.1 Å². The molecular weight excluding hydrogens is 392 g/mol. The van der Waals surface area contributed by atoms with Crippen molar-refractivity contribution in [2.45, 2.75) is 119 Å². The summed E-state index contributed by atoms with van der Waals surface area (Å²) in [5, 5.41) is 21.1. The summed E-state index contributed by atoms with van der Waals surface area (Å²) in [6.07, 6.45) is 14.8. The molecule has 0 saturated heterocycles. The molecule has 4 saturated carbocycles. The van der Waals surface area contributed by atoms with E-state index in [1.807, 2.05) is 0 Å². The van der Waals surface area contributed by atoms with Crippen molar-refractivity contribution in [1.82, 2.24) is 0 Å². The zero-order valence-corrected chi connectivity index (χ0v) is 22.1. The standard InChI is InChI=1S/C30H50O2/c1-25(2)22-10-13-30(7)23(28(22,5)12-11-24(25)32)9-8-20-21-18-26(3,19-31)14-15-27(21,4)16-17-29(20,30)6/h8,21-24,31-32H,9-19H2,1-7H3/t21?,22?,23?,24-,26-,27+,28-,29+,30+/m0/s1. The van der Waals surface area contributed by atoms with E-state index < -0.39 is 0 Å². The number of fused-ring (bicyclic) bond motifs is 7. The van der Waals surface area contributed by atoms with Crippen molar-refractivity contribution in [3.63, 3.8) is 0 Å². The van der Waals surface area contributed by atoms with Crippen molar-refractivity contribution in [3.8, 4) is 0 Å². The molecule has 0 radical (unpaired) electrons. The second kappa shape index (κ2) is 6.87. The van der Waals surface area contributed by atoms with Gasteiger partial charge in [0.2, 0.25) is 0 Å². The van der Waals surface area contributed by atoms with Crippen molar-refractivity contribution >= 4 is 0 Å². The van der Waals surface area contributed by atoms with Crippen LogP contribution in [0, 0.1) is 50.2 Å². The van der Waals surface area contributed by atoms with E-state index in [0.29, 0.717) is 40.6 Å². The van der Waals surface area contributed by atoms with Gasteiger partial charge in [0.25, 0.3) is 0 Å². The smallest absolute Gasteiger partial charge is 0.0594 e. The van der Waals surface area contributed by atoms with Gasteiger partial charge < -0.3 is 10.2 Å². The summed E-state index contributed by atoms with van der Waals surface area (Å²) in [5.74, 6) is 1.98. The van der Waals surface area contributed by atoms with Crippen molar-refractivity contribution in [3.05, 3.63) is 11.6 Å². The molecule has 2 heteroatoms. The molecule has 32 heavy (non-hydrogen) atoms. The molecule has 5 rings (SSSR count). The molecular formula is C30H50O2. The summed E-state index contributed by atoms with van der Waals surface area (Å²) in [6, 6.07) is 0. The van der Waals surface area contributed by atoms with E-state index >= 15 is 0 Å². The molecule has 9 atom stereocenters. The van der Waals surface area contributed by atoms with Crippen LogP contribution in [0.5, 0.6) is 0 Å². The maximum absolute atomic E-state index is 10.9. The Morgan fingerprint density at radius 3 is 2.22 bits per heavy atom. The van der Waals surface area contributed by atoms with E-state index in [-0.39, 0.29) is 22.3 Å². The zero-order valence-electron chi connectivity index (χ0n) is 22.1. The number of aliphatic hydroxyl groups excluding tert-OH is 2. The zero-order chi connectivity index (χ0) is 23.4. The molecule has 2 nitrogen and oxygen atoms in total.